The van der Waals surface area contributed by atoms with Crippen LogP contribution in [0.15, 0.2) is 41.8 Å². The van der Waals surface area contributed by atoms with E-state index in [1.165, 1.54) is 9.41 Å². The maximum atomic E-state index is 13.6. The zero-order valence-electron chi connectivity index (χ0n) is 18.2. The highest BCUT2D eigenvalue weighted by Crippen LogP contribution is 2.27. The number of benzene rings is 1. The van der Waals surface area contributed by atoms with Crippen molar-refractivity contribution in [2.45, 2.75) is 25.4 Å². The van der Waals surface area contributed by atoms with Crippen LogP contribution in [0.5, 0.6) is 0 Å². The monoisotopic (exact) mass is 513 g/mol. The number of amides is 1. The second-order valence-electron chi connectivity index (χ2n) is 7.47. The Balaban J connectivity index is 1.42. The SMILES string of the molecule is CCc1nc2ncc(F)cn2c1C(=O)NCc1ccc(N2CCN(S(=O)(=O)C(F)(F)F)C=N2)cc1. The molecule has 3 heterocycles. The number of aromatic nitrogens is 3. The Morgan fingerprint density at radius 2 is 1.89 bits per heavy atom. The molecule has 0 radical (unpaired) electrons. The largest absolute Gasteiger partial charge is 0.516 e. The van der Waals surface area contributed by atoms with Crippen molar-refractivity contribution in [1.29, 1.82) is 0 Å². The number of sulfonamides is 1. The number of carbonyl (C=O) groups excluding carboxylic acids is 1. The van der Waals surface area contributed by atoms with E-state index in [0.717, 1.165) is 12.4 Å². The van der Waals surface area contributed by atoms with Crippen LogP contribution >= 0.6 is 0 Å². The zero-order valence-corrected chi connectivity index (χ0v) is 19.0. The number of imidazole rings is 1. The second-order valence-corrected chi connectivity index (χ2v) is 9.35. The Bertz CT molecular complexity index is 1390. The standard InChI is InChI=1S/C20H19F4N7O3S/c1-2-16-17(30-11-14(21)10-26-19(30)28-16)18(32)25-9-13-3-5-15(6-4-13)31-8-7-29(12-27-31)35(33,34)20(22,23)24/h3-6,10-12H,2,7-9H2,1H3,(H,25,32). The van der Waals surface area contributed by atoms with E-state index >= 15 is 0 Å². The highest BCUT2D eigenvalue weighted by Gasteiger charge is 2.50. The highest BCUT2D eigenvalue weighted by molar-refractivity contribution is 7.90. The smallest absolute Gasteiger partial charge is 0.347 e. The van der Waals surface area contributed by atoms with Crippen molar-refractivity contribution < 1.29 is 30.8 Å². The van der Waals surface area contributed by atoms with Gasteiger partial charge in [0.1, 0.15) is 12.0 Å². The Labute approximate surface area is 196 Å². The zero-order chi connectivity index (χ0) is 25.4. The Hall–Kier alpha value is -3.75. The first kappa shape index (κ1) is 24.4. The van der Waals surface area contributed by atoms with Gasteiger partial charge in [0.05, 0.1) is 36.9 Å². The van der Waals surface area contributed by atoms with Gasteiger partial charge in [-0.1, -0.05) is 19.1 Å². The predicted octanol–water partition coefficient (Wildman–Crippen LogP) is 2.28. The number of alkyl halides is 3. The van der Waals surface area contributed by atoms with Gasteiger partial charge in [-0.15, -0.1) is 0 Å². The summed E-state index contributed by atoms with van der Waals surface area (Å²) in [4.78, 5) is 20.9. The van der Waals surface area contributed by atoms with Crippen LogP contribution < -0.4 is 10.3 Å². The number of hydrogen-bond donors (Lipinski definition) is 1. The van der Waals surface area contributed by atoms with Gasteiger partial charge in [0.2, 0.25) is 5.78 Å². The summed E-state index contributed by atoms with van der Waals surface area (Å²) < 4.78 is 76.0. The van der Waals surface area contributed by atoms with E-state index in [1.54, 1.807) is 24.3 Å². The molecule has 0 atom stereocenters. The van der Waals surface area contributed by atoms with Crippen LogP contribution in [0, 0.1) is 5.82 Å². The number of anilines is 1. The number of hydrazone groups is 1. The van der Waals surface area contributed by atoms with Crippen LogP contribution in [0.4, 0.5) is 23.2 Å². The molecular weight excluding hydrogens is 494 g/mol. The first-order valence-corrected chi connectivity index (χ1v) is 11.7. The van der Waals surface area contributed by atoms with Gasteiger partial charge >= 0.3 is 15.5 Å². The number of nitrogens with one attached hydrogen (secondary N) is 1. The molecule has 10 nitrogen and oxygen atoms in total. The van der Waals surface area contributed by atoms with Crippen LogP contribution in [0.2, 0.25) is 0 Å². The molecule has 0 spiro atoms. The Kier molecular flexibility index (Phi) is 6.36. The lowest BCUT2D eigenvalue weighted by atomic mass is 10.2. The topological polar surface area (TPSA) is 112 Å². The quantitative estimate of drug-likeness (QED) is 0.507. The van der Waals surface area contributed by atoms with Crippen LogP contribution in [0.3, 0.4) is 0 Å². The molecule has 186 valence electrons. The van der Waals surface area contributed by atoms with Crippen molar-refractivity contribution in [3.05, 3.63) is 59.4 Å². The van der Waals surface area contributed by atoms with Crippen molar-refractivity contribution in [2.24, 2.45) is 5.10 Å². The van der Waals surface area contributed by atoms with Gasteiger partial charge in [-0.2, -0.15) is 26.7 Å². The van der Waals surface area contributed by atoms with Crippen molar-refractivity contribution >= 4 is 33.7 Å². The molecule has 1 amide bonds. The van der Waals surface area contributed by atoms with Gasteiger partial charge in [-0.25, -0.2) is 18.7 Å². The summed E-state index contributed by atoms with van der Waals surface area (Å²) in [5, 5.41) is 7.90. The Morgan fingerprint density at radius 1 is 1.17 bits per heavy atom. The lowest BCUT2D eigenvalue weighted by molar-refractivity contribution is -0.0471. The van der Waals surface area contributed by atoms with Crippen LogP contribution in [-0.2, 0) is 23.0 Å². The van der Waals surface area contributed by atoms with E-state index < -0.39 is 33.8 Å². The summed E-state index contributed by atoms with van der Waals surface area (Å²) in [5.74, 6) is -0.861. The number of hydrogen-bond acceptors (Lipinski definition) is 7. The lowest BCUT2D eigenvalue weighted by Crippen LogP contribution is -2.46. The number of carbonyl (C=O) groups is 1. The summed E-state index contributed by atoms with van der Waals surface area (Å²) in [6.07, 6.45) is 3.22. The van der Waals surface area contributed by atoms with Crippen LogP contribution in [-0.4, -0.2) is 57.9 Å². The van der Waals surface area contributed by atoms with Crippen molar-refractivity contribution in [3.63, 3.8) is 0 Å². The minimum atomic E-state index is -5.48. The van der Waals surface area contributed by atoms with E-state index in [-0.39, 0.29) is 28.9 Å². The van der Waals surface area contributed by atoms with Crippen molar-refractivity contribution in [2.75, 3.05) is 18.1 Å². The maximum Gasteiger partial charge on any atom is 0.516 e. The third-order valence-electron chi connectivity index (χ3n) is 5.21. The molecule has 0 fully saturated rings. The molecule has 4 rings (SSSR count). The first-order chi connectivity index (χ1) is 16.5. The van der Waals surface area contributed by atoms with E-state index in [4.69, 9.17) is 0 Å². The molecule has 2 aromatic heterocycles. The molecule has 1 aromatic carbocycles. The minimum absolute atomic E-state index is 0.0828. The van der Waals surface area contributed by atoms with Crippen LogP contribution in [0.25, 0.3) is 5.78 Å². The summed E-state index contributed by atoms with van der Waals surface area (Å²) in [7, 11) is -5.48. The summed E-state index contributed by atoms with van der Waals surface area (Å²) >= 11 is 0. The summed E-state index contributed by atoms with van der Waals surface area (Å²) in [6, 6.07) is 6.64. The van der Waals surface area contributed by atoms with E-state index in [2.05, 4.69) is 20.4 Å². The average molecular weight is 513 g/mol. The first-order valence-electron chi connectivity index (χ1n) is 10.3. The number of halogens is 4. The van der Waals surface area contributed by atoms with E-state index in [1.807, 2.05) is 6.92 Å². The molecule has 0 aliphatic carbocycles. The Morgan fingerprint density at radius 3 is 2.49 bits per heavy atom. The number of rotatable bonds is 6. The number of nitrogens with zero attached hydrogens (tertiary/aromatic N) is 6. The average Bonchev–Trinajstić information content (AvgIpc) is 3.20. The molecule has 1 aliphatic rings. The third kappa shape index (κ3) is 4.76. The van der Waals surface area contributed by atoms with Gasteiger partial charge in [-0.05, 0) is 24.1 Å². The molecular formula is C20H19F4N7O3S. The molecule has 1 aliphatic heterocycles. The van der Waals surface area contributed by atoms with Gasteiger partial charge < -0.3 is 5.32 Å². The molecule has 0 bridgehead atoms. The van der Waals surface area contributed by atoms with Crippen LogP contribution in [0.1, 0.15) is 28.7 Å². The fourth-order valence-corrected chi connectivity index (χ4v) is 4.19. The lowest BCUT2D eigenvalue weighted by Gasteiger charge is -2.29. The number of fused-ring (bicyclic) bond motifs is 1. The summed E-state index contributed by atoms with van der Waals surface area (Å²) in [5.41, 5.74) is -3.51. The molecule has 15 heteroatoms. The molecule has 35 heavy (non-hydrogen) atoms. The third-order valence-corrected chi connectivity index (χ3v) is 6.69. The molecule has 0 unspecified atom stereocenters. The maximum absolute atomic E-state index is 13.6. The molecule has 3 aromatic rings. The normalized spacial score (nSPS) is 14.5. The molecule has 1 N–H and O–H groups in total. The van der Waals surface area contributed by atoms with E-state index in [0.29, 0.717) is 29.7 Å². The molecule has 0 saturated heterocycles. The van der Waals surface area contributed by atoms with Gasteiger partial charge in [0.15, 0.2) is 5.82 Å². The highest BCUT2D eigenvalue weighted by atomic mass is 32.2. The molecule has 0 saturated carbocycles. The minimum Gasteiger partial charge on any atom is -0.347 e. The fourth-order valence-electron chi connectivity index (χ4n) is 3.43. The fraction of sp³-hybridized carbons (Fsp3) is 0.300. The van der Waals surface area contributed by atoms with E-state index in [9.17, 15) is 30.8 Å². The summed E-state index contributed by atoms with van der Waals surface area (Å²) in [6.45, 7) is 1.45. The van der Waals surface area contributed by atoms with Gasteiger partial charge in [-0.3, -0.25) is 14.2 Å². The van der Waals surface area contributed by atoms with Gasteiger partial charge in [0, 0.05) is 6.54 Å². The number of aryl methyl sites for hydroxylation is 1. The van der Waals surface area contributed by atoms with Crippen molar-refractivity contribution in [3.8, 4) is 0 Å². The van der Waals surface area contributed by atoms with Crippen molar-refractivity contribution in [1.82, 2.24) is 24.0 Å². The second kappa shape index (κ2) is 9.13. The predicted molar refractivity (Wildman–Crippen MR) is 117 cm³/mol. The van der Waals surface area contributed by atoms with Gasteiger partial charge in [0.25, 0.3) is 5.91 Å².